The Morgan fingerprint density at radius 3 is 2.29 bits per heavy atom. The SMILES string of the molecule is CC(C)C1=CC=C(C(F)(F)F)N(O)C1. The molecule has 5 heteroatoms. The van der Waals surface area contributed by atoms with Gasteiger partial charge in [-0.3, -0.25) is 5.21 Å². The number of rotatable bonds is 1. The van der Waals surface area contributed by atoms with E-state index in [0.29, 0.717) is 0 Å². The molecule has 0 atom stereocenters. The molecule has 0 fully saturated rings. The molecule has 0 unspecified atom stereocenters. The fourth-order valence-corrected chi connectivity index (χ4v) is 1.20. The Morgan fingerprint density at radius 1 is 1.36 bits per heavy atom. The van der Waals surface area contributed by atoms with Crippen LogP contribution in [0.4, 0.5) is 13.2 Å². The van der Waals surface area contributed by atoms with Gasteiger partial charge >= 0.3 is 6.18 Å². The van der Waals surface area contributed by atoms with Crippen molar-refractivity contribution in [3.8, 4) is 0 Å². The van der Waals surface area contributed by atoms with E-state index in [2.05, 4.69) is 0 Å². The quantitative estimate of drug-likeness (QED) is 0.714. The highest BCUT2D eigenvalue weighted by Gasteiger charge is 2.38. The van der Waals surface area contributed by atoms with Crippen molar-refractivity contribution in [2.75, 3.05) is 6.54 Å². The highest BCUT2D eigenvalue weighted by molar-refractivity contribution is 5.26. The molecule has 0 aromatic heterocycles. The summed E-state index contributed by atoms with van der Waals surface area (Å²) in [5.41, 5.74) is -0.234. The molecule has 0 saturated carbocycles. The van der Waals surface area contributed by atoms with E-state index in [-0.39, 0.29) is 17.5 Å². The number of hydrogen-bond donors (Lipinski definition) is 1. The lowest BCUT2D eigenvalue weighted by Crippen LogP contribution is -2.33. The van der Waals surface area contributed by atoms with Crippen LogP contribution in [0.3, 0.4) is 0 Å². The molecule has 80 valence electrons. The van der Waals surface area contributed by atoms with Gasteiger partial charge in [0.1, 0.15) is 5.70 Å². The van der Waals surface area contributed by atoms with Gasteiger partial charge in [0.25, 0.3) is 0 Å². The molecule has 1 rings (SSSR count). The lowest BCUT2D eigenvalue weighted by atomic mass is 10.0. The van der Waals surface area contributed by atoms with Gasteiger partial charge in [-0.25, -0.2) is 5.06 Å². The van der Waals surface area contributed by atoms with E-state index in [0.717, 1.165) is 11.6 Å². The zero-order valence-electron chi connectivity index (χ0n) is 7.97. The molecule has 0 aromatic carbocycles. The Kier molecular flexibility index (Phi) is 2.89. The second-order valence-corrected chi connectivity index (χ2v) is 3.50. The van der Waals surface area contributed by atoms with Crippen molar-refractivity contribution in [3.05, 3.63) is 23.4 Å². The second-order valence-electron chi connectivity index (χ2n) is 3.50. The van der Waals surface area contributed by atoms with Gasteiger partial charge in [0, 0.05) is 0 Å². The third kappa shape index (κ3) is 2.29. The minimum atomic E-state index is -4.49. The number of hydroxylamine groups is 2. The van der Waals surface area contributed by atoms with Crippen molar-refractivity contribution in [1.82, 2.24) is 5.06 Å². The third-order valence-electron chi connectivity index (χ3n) is 2.10. The van der Waals surface area contributed by atoms with E-state index in [4.69, 9.17) is 5.21 Å². The molecule has 1 aliphatic rings. The Bertz CT molecular complexity index is 278. The monoisotopic (exact) mass is 207 g/mol. The van der Waals surface area contributed by atoms with Crippen molar-refractivity contribution >= 4 is 0 Å². The summed E-state index contributed by atoms with van der Waals surface area (Å²) >= 11 is 0. The summed E-state index contributed by atoms with van der Waals surface area (Å²) in [4.78, 5) is 0. The Morgan fingerprint density at radius 2 is 1.93 bits per heavy atom. The van der Waals surface area contributed by atoms with Crippen LogP contribution in [0, 0.1) is 5.92 Å². The Balaban J connectivity index is 2.91. The van der Waals surface area contributed by atoms with Crippen molar-refractivity contribution in [3.63, 3.8) is 0 Å². The molecule has 1 heterocycles. The van der Waals surface area contributed by atoms with E-state index < -0.39 is 11.9 Å². The fourth-order valence-electron chi connectivity index (χ4n) is 1.20. The number of halogens is 3. The predicted octanol–water partition coefficient (Wildman–Crippen LogP) is 2.72. The highest BCUT2D eigenvalue weighted by atomic mass is 19.4. The fraction of sp³-hybridized carbons (Fsp3) is 0.556. The summed E-state index contributed by atoms with van der Waals surface area (Å²) in [5, 5.41) is 9.37. The first-order valence-corrected chi connectivity index (χ1v) is 4.26. The highest BCUT2D eigenvalue weighted by Crippen LogP contribution is 2.31. The van der Waals surface area contributed by atoms with Crippen LogP contribution in [0.1, 0.15) is 13.8 Å². The molecule has 0 amide bonds. The molecule has 1 aliphatic heterocycles. The van der Waals surface area contributed by atoms with Crippen LogP contribution >= 0.6 is 0 Å². The van der Waals surface area contributed by atoms with Gasteiger partial charge in [0.05, 0.1) is 6.54 Å². The molecule has 1 N–H and O–H groups in total. The van der Waals surface area contributed by atoms with Crippen molar-refractivity contribution in [1.29, 1.82) is 0 Å². The van der Waals surface area contributed by atoms with Crippen molar-refractivity contribution in [2.24, 2.45) is 5.92 Å². The molecule has 0 aliphatic carbocycles. The average molecular weight is 207 g/mol. The first kappa shape index (κ1) is 11.1. The molecule has 0 spiro atoms. The first-order chi connectivity index (χ1) is 6.32. The largest absolute Gasteiger partial charge is 0.433 e. The summed E-state index contributed by atoms with van der Waals surface area (Å²) in [6.07, 6.45) is -2.17. The van der Waals surface area contributed by atoms with Crippen LogP contribution < -0.4 is 0 Å². The molecule has 14 heavy (non-hydrogen) atoms. The predicted molar refractivity (Wildman–Crippen MR) is 45.6 cm³/mol. The van der Waals surface area contributed by atoms with Crippen LogP contribution in [0.15, 0.2) is 23.4 Å². The lowest BCUT2D eigenvalue weighted by molar-refractivity contribution is -0.163. The van der Waals surface area contributed by atoms with E-state index in [9.17, 15) is 13.2 Å². The van der Waals surface area contributed by atoms with E-state index in [1.54, 1.807) is 0 Å². The zero-order chi connectivity index (χ0) is 10.9. The van der Waals surface area contributed by atoms with Crippen molar-refractivity contribution < 1.29 is 18.4 Å². The maximum absolute atomic E-state index is 12.2. The summed E-state index contributed by atoms with van der Waals surface area (Å²) < 4.78 is 36.7. The van der Waals surface area contributed by atoms with Gasteiger partial charge in [-0.15, -0.1) is 0 Å². The number of alkyl halides is 3. The van der Waals surface area contributed by atoms with Gasteiger partial charge < -0.3 is 0 Å². The summed E-state index contributed by atoms with van der Waals surface area (Å²) in [5.74, 6) is 0.135. The summed E-state index contributed by atoms with van der Waals surface area (Å²) in [7, 11) is 0. The Hall–Kier alpha value is -0.970. The van der Waals surface area contributed by atoms with E-state index in [1.807, 2.05) is 13.8 Å². The zero-order valence-corrected chi connectivity index (χ0v) is 7.97. The number of nitrogens with zero attached hydrogens (tertiary/aromatic N) is 1. The van der Waals surface area contributed by atoms with Gasteiger partial charge in [0.15, 0.2) is 0 Å². The van der Waals surface area contributed by atoms with Crippen LogP contribution in [-0.2, 0) is 0 Å². The molecular weight excluding hydrogens is 195 g/mol. The van der Waals surface area contributed by atoms with Gasteiger partial charge in [-0.05, 0) is 17.6 Å². The molecule has 0 aromatic rings. The summed E-state index contributed by atoms with van der Waals surface area (Å²) in [6.45, 7) is 3.65. The average Bonchev–Trinajstić information content (AvgIpc) is 2.01. The van der Waals surface area contributed by atoms with Gasteiger partial charge in [0.2, 0.25) is 0 Å². The molecule has 0 radical (unpaired) electrons. The van der Waals surface area contributed by atoms with E-state index >= 15 is 0 Å². The van der Waals surface area contributed by atoms with Crippen molar-refractivity contribution in [2.45, 2.75) is 20.0 Å². The first-order valence-electron chi connectivity index (χ1n) is 4.26. The second kappa shape index (κ2) is 3.65. The standard InChI is InChI=1S/C9H12F3NO/c1-6(2)7-3-4-8(9(10,11)12)13(14)5-7/h3-4,6,14H,5H2,1-2H3. The molecule has 0 bridgehead atoms. The Labute approximate surface area is 80.3 Å². The minimum absolute atomic E-state index is 0.0803. The van der Waals surface area contributed by atoms with Crippen LogP contribution in [0.25, 0.3) is 0 Å². The molecular formula is C9H12F3NO. The minimum Gasteiger partial charge on any atom is -0.288 e. The lowest BCUT2D eigenvalue weighted by Gasteiger charge is -2.27. The number of allylic oxidation sites excluding steroid dienone is 3. The van der Waals surface area contributed by atoms with Crippen LogP contribution in [0.2, 0.25) is 0 Å². The maximum atomic E-state index is 12.2. The van der Waals surface area contributed by atoms with Gasteiger partial charge in [-0.2, -0.15) is 13.2 Å². The normalized spacial score (nSPS) is 18.4. The smallest absolute Gasteiger partial charge is 0.288 e. The van der Waals surface area contributed by atoms with Gasteiger partial charge in [-0.1, -0.05) is 19.9 Å². The summed E-state index contributed by atoms with van der Waals surface area (Å²) in [6, 6.07) is 0. The number of hydrogen-bond acceptors (Lipinski definition) is 2. The topological polar surface area (TPSA) is 23.5 Å². The third-order valence-corrected chi connectivity index (χ3v) is 2.10. The molecule has 0 saturated heterocycles. The molecule has 2 nitrogen and oxygen atoms in total. The van der Waals surface area contributed by atoms with E-state index in [1.165, 1.54) is 6.08 Å². The van der Waals surface area contributed by atoms with Crippen LogP contribution in [-0.4, -0.2) is 23.0 Å². The maximum Gasteiger partial charge on any atom is 0.433 e. The van der Waals surface area contributed by atoms with Crippen LogP contribution in [0.5, 0.6) is 0 Å².